The van der Waals surface area contributed by atoms with E-state index in [1.807, 2.05) is 72.8 Å². The van der Waals surface area contributed by atoms with E-state index in [1.54, 1.807) is 34.6 Å². The van der Waals surface area contributed by atoms with Gasteiger partial charge in [0.25, 0.3) is 0 Å². The smallest absolute Gasteiger partial charge is 0.159 e. The van der Waals surface area contributed by atoms with Gasteiger partial charge in [-0.2, -0.15) is 0 Å². The first-order chi connectivity index (χ1) is 60.9. The van der Waals surface area contributed by atoms with Crippen LogP contribution in [0.5, 0.6) is 0 Å². The molecule has 0 unspecified atom stereocenters. The van der Waals surface area contributed by atoms with Crippen LogP contribution >= 0.6 is 0 Å². The van der Waals surface area contributed by atoms with Crippen molar-refractivity contribution in [3.8, 4) is 0 Å². The molecule has 5 aliphatic rings. The highest BCUT2D eigenvalue weighted by Crippen LogP contribution is 2.41. The first kappa shape index (κ1) is 90.5. The zero-order chi connectivity index (χ0) is 87.6. The molecule has 0 spiro atoms. The van der Waals surface area contributed by atoms with Gasteiger partial charge in [-0.05, 0) is 275 Å². The summed E-state index contributed by atoms with van der Waals surface area (Å²) in [5.41, 5.74) is 33.2. The Morgan fingerprint density at radius 1 is 0.280 bits per heavy atom. The van der Waals surface area contributed by atoms with Crippen molar-refractivity contribution in [1.29, 1.82) is 0 Å². The fourth-order valence-electron chi connectivity index (χ4n) is 18.2. The van der Waals surface area contributed by atoms with Gasteiger partial charge in [0.2, 0.25) is 0 Å². The molecular formula is C115H121N5O5. The van der Waals surface area contributed by atoms with Crippen molar-refractivity contribution in [1.82, 2.24) is 25.8 Å². The Labute approximate surface area is 741 Å². The summed E-state index contributed by atoms with van der Waals surface area (Å²) in [7, 11) is 0. The summed E-state index contributed by atoms with van der Waals surface area (Å²) < 4.78 is 0. The summed E-state index contributed by atoms with van der Waals surface area (Å²) in [6.45, 7) is 31.2. The minimum Gasteiger partial charge on any atom is -0.316 e. The van der Waals surface area contributed by atoms with E-state index in [0.29, 0.717) is 0 Å². The van der Waals surface area contributed by atoms with Crippen LogP contribution in [-0.4, -0.2) is 117 Å². The van der Waals surface area contributed by atoms with Gasteiger partial charge in [-0.1, -0.05) is 326 Å². The molecule has 10 heteroatoms. The maximum absolute atomic E-state index is 11.7. The van der Waals surface area contributed by atoms with Gasteiger partial charge in [0.15, 0.2) is 28.9 Å². The Balaban J connectivity index is 0.000000134. The Hall–Kier alpha value is -12.3. The number of nitrogens with one attached hydrogen (secondary N) is 3. The third-order valence-electron chi connectivity index (χ3n) is 25.0. The lowest BCUT2D eigenvalue weighted by Gasteiger charge is -2.29. The SMILES string of the molecule is C=CCN1CCC(=C(c2ccc(C(C)=O)cc2)c2cccc3ccccc23)CC1.CC(=O)c1ccc(C(=C2CCNCC2)c2c(C)cccc2C)cc1.CC(=O)c1ccc(C(=C2CCNCC2)c2cccc3ccccc23)cc1.CC(=O)c1ccc(C(=C2CCNCC2)c2ccccc2)cc1.CCN1CCC(=C(c2ccccc2)c2ccc(C(C)=O)cc2)CC1. The highest BCUT2D eigenvalue weighted by atomic mass is 16.1. The lowest BCUT2D eigenvalue weighted by molar-refractivity contribution is 0.100. The quantitative estimate of drug-likeness (QED) is 0.0564. The lowest BCUT2D eigenvalue weighted by Crippen LogP contribution is -2.31. The number of carbonyl (C=O) groups excluding carboxylic acids is 5. The number of ketones is 5. The van der Waals surface area contributed by atoms with E-state index >= 15 is 0 Å². The average molecular weight is 1650 g/mol. The van der Waals surface area contributed by atoms with E-state index < -0.39 is 0 Å². The summed E-state index contributed by atoms with van der Waals surface area (Å²) >= 11 is 0. The Bertz CT molecular complexity index is 5870. The number of Topliss-reactive ketones (excluding diaryl/α,β-unsaturated/α-hetero) is 5. The molecule has 0 saturated carbocycles. The van der Waals surface area contributed by atoms with Gasteiger partial charge in [-0.25, -0.2) is 0 Å². The van der Waals surface area contributed by atoms with Crippen LogP contribution in [0.1, 0.15) is 224 Å². The van der Waals surface area contributed by atoms with Crippen molar-refractivity contribution in [3.05, 3.63) is 420 Å². The number of hydrogen-bond donors (Lipinski definition) is 3. The molecule has 5 aliphatic heterocycles. The van der Waals surface area contributed by atoms with Gasteiger partial charge >= 0.3 is 0 Å². The van der Waals surface area contributed by atoms with Crippen LogP contribution in [-0.2, 0) is 0 Å². The fraction of sp³-hybridized carbons (Fsp3) is 0.261. The van der Waals surface area contributed by atoms with E-state index in [0.717, 1.165) is 171 Å². The monoisotopic (exact) mass is 1650 g/mol. The molecule has 3 N–H and O–H groups in total. The molecular weight excluding hydrogens is 1530 g/mol. The van der Waals surface area contributed by atoms with E-state index in [2.05, 4.69) is 271 Å². The topological polar surface area (TPSA) is 128 Å². The molecule has 12 aromatic rings. The number of carbonyl (C=O) groups is 5. The van der Waals surface area contributed by atoms with Crippen LogP contribution in [0, 0.1) is 13.8 Å². The third kappa shape index (κ3) is 23.6. The average Bonchev–Trinajstić information content (AvgIpc) is 0.804. The molecule has 0 radical (unpaired) electrons. The van der Waals surface area contributed by atoms with Crippen molar-refractivity contribution < 1.29 is 24.0 Å². The first-order valence-corrected chi connectivity index (χ1v) is 44.9. The minimum absolute atomic E-state index is 0.105. The van der Waals surface area contributed by atoms with Gasteiger partial charge in [0, 0.05) is 60.5 Å². The number of rotatable bonds is 18. The number of fused-ring (bicyclic) bond motifs is 2. The summed E-state index contributed by atoms with van der Waals surface area (Å²) in [5, 5.41) is 15.4. The molecule has 0 amide bonds. The van der Waals surface area contributed by atoms with E-state index in [-0.39, 0.29) is 28.9 Å². The van der Waals surface area contributed by atoms with Crippen molar-refractivity contribution in [2.75, 3.05) is 78.5 Å². The molecule has 10 nitrogen and oxygen atoms in total. The van der Waals surface area contributed by atoms with Gasteiger partial charge in [0.1, 0.15) is 0 Å². The van der Waals surface area contributed by atoms with E-state index in [9.17, 15) is 24.0 Å². The molecule has 0 aromatic heterocycles. The predicted molar refractivity (Wildman–Crippen MR) is 523 cm³/mol. The highest BCUT2D eigenvalue weighted by Gasteiger charge is 2.25. The molecule has 5 fully saturated rings. The van der Waals surface area contributed by atoms with Gasteiger partial charge in [-0.15, -0.1) is 6.58 Å². The van der Waals surface area contributed by atoms with Crippen molar-refractivity contribution in [2.45, 2.75) is 120 Å². The summed E-state index contributed by atoms with van der Waals surface area (Å²) in [5.74, 6) is 0.560. The number of benzene rings is 12. The fourth-order valence-corrected chi connectivity index (χ4v) is 18.2. The molecule has 5 saturated heterocycles. The van der Waals surface area contributed by atoms with Gasteiger partial charge in [-0.3, -0.25) is 28.9 Å². The molecule has 125 heavy (non-hydrogen) atoms. The van der Waals surface area contributed by atoms with Crippen LogP contribution in [0.4, 0.5) is 0 Å². The normalized spacial score (nSPS) is 14.7. The second-order valence-corrected chi connectivity index (χ2v) is 33.4. The van der Waals surface area contributed by atoms with Crippen LogP contribution < -0.4 is 16.0 Å². The predicted octanol–water partition coefficient (Wildman–Crippen LogP) is 24.9. The summed E-state index contributed by atoms with van der Waals surface area (Å²) in [4.78, 5) is 63.0. The highest BCUT2D eigenvalue weighted by molar-refractivity contribution is 6.03. The Kier molecular flexibility index (Phi) is 32.5. The zero-order valence-electron chi connectivity index (χ0n) is 74.4. The minimum atomic E-state index is 0.105. The second-order valence-electron chi connectivity index (χ2n) is 33.4. The first-order valence-electron chi connectivity index (χ1n) is 44.9. The lowest BCUT2D eigenvalue weighted by atomic mass is 9.84. The van der Waals surface area contributed by atoms with Gasteiger partial charge in [0.05, 0.1) is 0 Å². The Morgan fingerprint density at radius 3 is 0.856 bits per heavy atom. The number of likely N-dealkylation sites (tertiary alicyclic amines) is 2. The van der Waals surface area contributed by atoms with Crippen molar-refractivity contribution >= 4 is 78.3 Å². The number of nitrogens with zero attached hydrogens (tertiary/aromatic N) is 2. The molecule has 0 bridgehead atoms. The van der Waals surface area contributed by atoms with Crippen LogP contribution in [0.2, 0.25) is 0 Å². The molecule has 0 atom stereocenters. The largest absolute Gasteiger partial charge is 0.316 e. The number of piperidine rings is 5. The number of aryl methyl sites for hydroxylation is 2. The Morgan fingerprint density at radius 2 is 0.528 bits per heavy atom. The maximum Gasteiger partial charge on any atom is 0.159 e. The molecule has 636 valence electrons. The zero-order valence-corrected chi connectivity index (χ0v) is 74.4. The van der Waals surface area contributed by atoms with E-state index in [4.69, 9.17) is 0 Å². The molecule has 5 heterocycles. The molecule has 0 aliphatic carbocycles. The van der Waals surface area contributed by atoms with Crippen molar-refractivity contribution in [3.63, 3.8) is 0 Å². The second kappa shape index (κ2) is 44.9. The summed E-state index contributed by atoms with van der Waals surface area (Å²) in [6, 6.07) is 98.4. The standard InChI is InChI=1S/C27H27NO.C24H23NO.2C22H25NO.C20H21NO/c1-3-17-28-18-15-24(16-19-28)27(23-13-11-21(12-14-23)20(2)29)26-10-6-8-22-7-4-5-9-25(22)26;1-17(26)18-9-11-20(12-10-18)24(21-13-15-25-16-14-21)23-8-4-6-19-5-2-3-7-22(19)23;1-15-5-4-6-16(2)21(15)22(20-11-13-23-14-12-20)19-9-7-18(8-10-19)17(3)24;1-3-23-15-13-21(14-16-23)22(19-7-5-4-6-8-19)20-11-9-18(10-12-20)17(2)24;1-15(22)16-7-9-18(10-8-16)20(17-5-3-2-4-6-17)19-11-13-21-14-12-19/h3-14H,1,15-19H2,2H3;2-12,25H,13-16H2,1H3;4-10,23H,11-14H2,1-3H3;4-12H,3,13-16H2,1-2H3;2-10,21H,11-14H2,1H3. The summed E-state index contributed by atoms with van der Waals surface area (Å²) in [6.07, 6.45) is 12.8. The van der Waals surface area contributed by atoms with Crippen LogP contribution in [0.3, 0.4) is 0 Å². The van der Waals surface area contributed by atoms with Crippen LogP contribution in [0.25, 0.3) is 49.4 Å². The van der Waals surface area contributed by atoms with Crippen LogP contribution in [0.15, 0.2) is 326 Å². The maximum atomic E-state index is 11.7. The van der Waals surface area contributed by atoms with Crippen molar-refractivity contribution in [2.24, 2.45) is 0 Å². The number of hydrogen-bond acceptors (Lipinski definition) is 10. The third-order valence-corrected chi connectivity index (χ3v) is 25.0. The van der Waals surface area contributed by atoms with Gasteiger partial charge < -0.3 is 20.9 Å². The molecule has 12 aromatic carbocycles. The molecule has 17 rings (SSSR count). The van der Waals surface area contributed by atoms with E-state index in [1.165, 1.54) is 144 Å².